The van der Waals surface area contributed by atoms with Crippen molar-refractivity contribution in [2.24, 2.45) is 11.3 Å². The maximum Gasteiger partial charge on any atom is 0.335 e. The van der Waals surface area contributed by atoms with Crippen LogP contribution in [0.5, 0.6) is 0 Å². The highest BCUT2D eigenvalue weighted by atomic mass is 16.4. The molecule has 1 amide bonds. The van der Waals surface area contributed by atoms with Crippen LogP contribution >= 0.6 is 0 Å². The number of benzene rings is 1. The van der Waals surface area contributed by atoms with Crippen LogP contribution in [0, 0.1) is 11.3 Å². The quantitative estimate of drug-likeness (QED) is 0.750. The van der Waals surface area contributed by atoms with Crippen molar-refractivity contribution in [2.75, 3.05) is 6.54 Å². The first-order chi connectivity index (χ1) is 9.65. The molecule has 116 valence electrons. The van der Waals surface area contributed by atoms with Crippen molar-refractivity contribution in [1.29, 1.82) is 0 Å². The lowest BCUT2D eigenvalue weighted by Gasteiger charge is -2.33. The standard InChI is InChI=1S/C16H23NO4/c1-10(2)13(18)16(3,4)9-17-14(19)11-5-7-12(8-6-11)15(20)21/h5-8,10,13,18H,9H2,1-4H3,(H,17,19)(H,20,21). The monoisotopic (exact) mass is 293 g/mol. The van der Waals surface area contributed by atoms with Crippen molar-refractivity contribution < 1.29 is 19.8 Å². The third kappa shape index (κ3) is 4.56. The number of carbonyl (C=O) groups excluding carboxylic acids is 1. The summed E-state index contributed by atoms with van der Waals surface area (Å²) in [7, 11) is 0. The molecular weight excluding hydrogens is 270 g/mol. The number of nitrogens with one attached hydrogen (secondary N) is 1. The Bertz CT molecular complexity index is 506. The van der Waals surface area contributed by atoms with Gasteiger partial charge in [-0.1, -0.05) is 27.7 Å². The Morgan fingerprint density at radius 1 is 1.14 bits per heavy atom. The number of carboxylic acid groups (broad SMARTS) is 1. The van der Waals surface area contributed by atoms with Crippen LogP contribution in [0.2, 0.25) is 0 Å². The average Bonchev–Trinajstić information content (AvgIpc) is 2.43. The molecule has 1 rings (SSSR count). The first kappa shape index (κ1) is 17.2. The number of hydrogen-bond acceptors (Lipinski definition) is 3. The topological polar surface area (TPSA) is 86.6 Å². The van der Waals surface area contributed by atoms with Crippen LogP contribution in [0.3, 0.4) is 0 Å². The van der Waals surface area contributed by atoms with Gasteiger partial charge >= 0.3 is 5.97 Å². The van der Waals surface area contributed by atoms with Crippen molar-refractivity contribution in [3.63, 3.8) is 0 Å². The predicted octanol–water partition coefficient (Wildman–Crippen LogP) is 2.16. The fourth-order valence-corrected chi connectivity index (χ4v) is 2.18. The van der Waals surface area contributed by atoms with Gasteiger partial charge in [-0.2, -0.15) is 0 Å². The smallest absolute Gasteiger partial charge is 0.335 e. The number of rotatable bonds is 6. The van der Waals surface area contributed by atoms with Crippen molar-refractivity contribution in [2.45, 2.75) is 33.8 Å². The number of aliphatic hydroxyl groups is 1. The van der Waals surface area contributed by atoms with Crippen LogP contribution < -0.4 is 5.32 Å². The van der Waals surface area contributed by atoms with Gasteiger partial charge < -0.3 is 15.5 Å². The zero-order valence-electron chi connectivity index (χ0n) is 12.9. The van der Waals surface area contributed by atoms with Crippen LogP contribution in [0.1, 0.15) is 48.4 Å². The Kier molecular flexibility index (Phi) is 5.49. The molecule has 0 spiro atoms. The van der Waals surface area contributed by atoms with E-state index in [1.165, 1.54) is 24.3 Å². The summed E-state index contributed by atoms with van der Waals surface area (Å²) >= 11 is 0. The molecule has 3 N–H and O–H groups in total. The Morgan fingerprint density at radius 2 is 1.62 bits per heavy atom. The van der Waals surface area contributed by atoms with Gasteiger partial charge in [0.25, 0.3) is 5.91 Å². The van der Waals surface area contributed by atoms with Gasteiger partial charge in [0, 0.05) is 17.5 Å². The summed E-state index contributed by atoms with van der Waals surface area (Å²) in [6.45, 7) is 7.99. The van der Waals surface area contributed by atoms with E-state index in [0.717, 1.165) is 0 Å². The van der Waals surface area contributed by atoms with Gasteiger partial charge in [-0.25, -0.2) is 4.79 Å². The van der Waals surface area contributed by atoms with Crippen molar-refractivity contribution in [1.82, 2.24) is 5.32 Å². The van der Waals surface area contributed by atoms with Gasteiger partial charge in [0.2, 0.25) is 0 Å². The molecule has 5 nitrogen and oxygen atoms in total. The maximum absolute atomic E-state index is 12.0. The lowest BCUT2D eigenvalue weighted by Crippen LogP contribution is -2.43. The van der Waals surface area contributed by atoms with E-state index in [1.807, 2.05) is 27.7 Å². The number of hydrogen-bond donors (Lipinski definition) is 3. The molecule has 1 atom stereocenters. The summed E-state index contributed by atoms with van der Waals surface area (Å²) in [5, 5.41) is 21.7. The van der Waals surface area contributed by atoms with Crippen LogP contribution in [0.15, 0.2) is 24.3 Å². The van der Waals surface area contributed by atoms with E-state index in [4.69, 9.17) is 5.11 Å². The highest BCUT2D eigenvalue weighted by Gasteiger charge is 2.30. The molecule has 21 heavy (non-hydrogen) atoms. The summed E-state index contributed by atoms with van der Waals surface area (Å²) in [4.78, 5) is 22.8. The number of aliphatic hydroxyl groups excluding tert-OH is 1. The number of amides is 1. The molecule has 0 aliphatic carbocycles. The molecule has 0 heterocycles. The lowest BCUT2D eigenvalue weighted by molar-refractivity contribution is 0.0138. The summed E-state index contributed by atoms with van der Waals surface area (Å²) in [5.41, 5.74) is 0.0992. The van der Waals surface area contributed by atoms with Gasteiger partial charge in [-0.15, -0.1) is 0 Å². The zero-order chi connectivity index (χ0) is 16.2. The minimum Gasteiger partial charge on any atom is -0.478 e. The molecule has 1 aromatic rings. The van der Waals surface area contributed by atoms with E-state index in [9.17, 15) is 14.7 Å². The highest BCUT2D eigenvalue weighted by Crippen LogP contribution is 2.25. The molecule has 1 unspecified atom stereocenters. The number of carboxylic acids is 1. The molecule has 0 fully saturated rings. The van der Waals surface area contributed by atoms with E-state index in [2.05, 4.69) is 5.32 Å². The Hall–Kier alpha value is -1.88. The van der Waals surface area contributed by atoms with Gasteiger partial charge in [-0.3, -0.25) is 4.79 Å². The zero-order valence-corrected chi connectivity index (χ0v) is 12.9. The van der Waals surface area contributed by atoms with Gasteiger partial charge in [0.1, 0.15) is 0 Å². The first-order valence-corrected chi connectivity index (χ1v) is 6.95. The van der Waals surface area contributed by atoms with Crippen LogP contribution in [0.25, 0.3) is 0 Å². The predicted molar refractivity (Wildman–Crippen MR) is 80.4 cm³/mol. The molecule has 0 aliphatic rings. The highest BCUT2D eigenvalue weighted by molar-refractivity contribution is 5.95. The molecule has 0 aliphatic heterocycles. The van der Waals surface area contributed by atoms with E-state index in [0.29, 0.717) is 12.1 Å². The van der Waals surface area contributed by atoms with E-state index in [1.54, 1.807) is 0 Å². The Labute approximate surface area is 125 Å². The minimum absolute atomic E-state index is 0.103. The fourth-order valence-electron chi connectivity index (χ4n) is 2.18. The summed E-state index contributed by atoms with van der Waals surface area (Å²) in [6, 6.07) is 5.74. The second-order valence-corrected chi connectivity index (χ2v) is 6.24. The molecule has 0 saturated carbocycles. The van der Waals surface area contributed by atoms with Crippen LogP contribution in [0.4, 0.5) is 0 Å². The van der Waals surface area contributed by atoms with Crippen LogP contribution in [-0.4, -0.2) is 34.7 Å². The molecule has 0 aromatic heterocycles. The number of carbonyl (C=O) groups is 2. The van der Waals surface area contributed by atoms with Crippen molar-refractivity contribution in [3.05, 3.63) is 35.4 Å². The first-order valence-electron chi connectivity index (χ1n) is 6.95. The van der Waals surface area contributed by atoms with Crippen LogP contribution in [-0.2, 0) is 0 Å². The molecule has 0 radical (unpaired) electrons. The van der Waals surface area contributed by atoms with Crippen molar-refractivity contribution in [3.8, 4) is 0 Å². The van der Waals surface area contributed by atoms with Crippen molar-refractivity contribution >= 4 is 11.9 Å². The maximum atomic E-state index is 12.0. The van der Waals surface area contributed by atoms with E-state index in [-0.39, 0.29) is 17.4 Å². The largest absolute Gasteiger partial charge is 0.478 e. The third-order valence-electron chi connectivity index (χ3n) is 3.53. The van der Waals surface area contributed by atoms with E-state index < -0.39 is 17.5 Å². The molecule has 5 heteroatoms. The summed E-state index contributed by atoms with van der Waals surface area (Å²) < 4.78 is 0. The molecule has 1 aromatic carbocycles. The minimum atomic E-state index is -1.02. The van der Waals surface area contributed by atoms with E-state index >= 15 is 0 Å². The molecule has 0 saturated heterocycles. The van der Waals surface area contributed by atoms with Gasteiger partial charge in [-0.05, 0) is 30.2 Å². The second-order valence-electron chi connectivity index (χ2n) is 6.24. The second kappa shape index (κ2) is 6.72. The molecular formula is C16H23NO4. The molecule has 0 bridgehead atoms. The SMILES string of the molecule is CC(C)C(O)C(C)(C)CNC(=O)c1ccc(C(=O)O)cc1. The average molecular weight is 293 g/mol. The third-order valence-corrected chi connectivity index (χ3v) is 3.53. The number of aromatic carboxylic acids is 1. The van der Waals surface area contributed by atoms with Gasteiger partial charge in [0.05, 0.1) is 11.7 Å². The summed E-state index contributed by atoms with van der Waals surface area (Å²) in [6.07, 6.45) is -0.521. The Balaban J connectivity index is 2.67. The fraction of sp³-hybridized carbons (Fsp3) is 0.500. The summed E-state index contributed by atoms with van der Waals surface area (Å²) in [5.74, 6) is -1.20. The van der Waals surface area contributed by atoms with Gasteiger partial charge in [0.15, 0.2) is 0 Å². The Morgan fingerprint density at radius 3 is 2.05 bits per heavy atom. The normalized spacial score (nSPS) is 13.0. The lowest BCUT2D eigenvalue weighted by atomic mass is 9.80.